The molecule has 4 nitrogen and oxygen atoms in total. The Morgan fingerprint density at radius 3 is 2.50 bits per heavy atom. The van der Waals surface area contributed by atoms with Gasteiger partial charge in [0.15, 0.2) is 5.75 Å². The van der Waals surface area contributed by atoms with Crippen LogP contribution in [0.4, 0.5) is 5.69 Å². The van der Waals surface area contributed by atoms with E-state index in [0.29, 0.717) is 22.7 Å². The van der Waals surface area contributed by atoms with Crippen LogP contribution in [0.5, 0.6) is 11.5 Å². The summed E-state index contributed by atoms with van der Waals surface area (Å²) in [6.45, 7) is 0. The standard InChI is InChI=1S/C15H15BrN2O2/c1-18(2)15(19)10-7-8-12(17)14(9-10)20-13-6-4-3-5-11(13)16/h3-9H,17H2,1-2H3. The molecule has 0 saturated carbocycles. The molecule has 0 heterocycles. The van der Waals surface area contributed by atoms with Gasteiger partial charge >= 0.3 is 0 Å². The maximum absolute atomic E-state index is 11.9. The van der Waals surface area contributed by atoms with E-state index < -0.39 is 0 Å². The molecule has 0 fully saturated rings. The van der Waals surface area contributed by atoms with Crippen molar-refractivity contribution in [2.24, 2.45) is 0 Å². The highest BCUT2D eigenvalue weighted by atomic mass is 79.9. The van der Waals surface area contributed by atoms with E-state index in [9.17, 15) is 4.79 Å². The van der Waals surface area contributed by atoms with Crippen LogP contribution in [0.1, 0.15) is 10.4 Å². The lowest BCUT2D eigenvalue weighted by molar-refractivity contribution is 0.0827. The van der Waals surface area contributed by atoms with Gasteiger partial charge in [0.1, 0.15) is 5.75 Å². The minimum absolute atomic E-state index is 0.0954. The second-order valence-corrected chi connectivity index (χ2v) is 5.34. The molecule has 0 aliphatic rings. The third kappa shape index (κ3) is 3.11. The number of para-hydroxylation sites is 1. The molecule has 104 valence electrons. The average Bonchev–Trinajstić information content (AvgIpc) is 2.42. The van der Waals surface area contributed by atoms with Crippen LogP contribution in [0.25, 0.3) is 0 Å². The molecule has 1 amide bonds. The Hall–Kier alpha value is -2.01. The Labute approximate surface area is 126 Å². The normalized spacial score (nSPS) is 10.2. The molecule has 2 aromatic carbocycles. The number of halogens is 1. The third-order valence-corrected chi connectivity index (χ3v) is 3.38. The number of rotatable bonds is 3. The van der Waals surface area contributed by atoms with Gasteiger partial charge in [-0.3, -0.25) is 4.79 Å². The summed E-state index contributed by atoms with van der Waals surface area (Å²) in [4.78, 5) is 13.5. The van der Waals surface area contributed by atoms with Gasteiger partial charge in [-0.05, 0) is 46.3 Å². The lowest BCUT2D eigenvalue weighted by Crippen LogP contribution is -2.21. The molecule has 2 N–H and O–H groups in total. The Bertz CT molecular complexity index is 642. The highest BCUT2D eigenvalue weighted by molar-refractivity contribution is 9.10. The molecule has 0 saturated heterocycles. The number of carbonyl (C=O) groups excluding carboxylic acids is 1. The number of carbonyl (C=O) groups is 1. The molecule has 0 bridgehead atoms. The van der Waals surface area contributed by atoms with E-state index in [-0.39, 0.29) is 5.91 Å². The number of nitrogens with zero attached hydrogens (tertiary/aromatic N) is 1. The van der Waals surface area contributed by atoms with E-state index in [1.54, 1.807) is 32.3 Å². The van der Waals surface area contributed by atoms with Crippen LogP contribution in [0.3, 0.4) is 0 Å². The molecule has 2 rings (SSSR count). The maximum atomic E-state index is 11.9. The van der Waals surface area contributed by atoms with Crippen LogP contribution in [-0.2, 0) is 0 Å². The largest absolute Gasteiger partial charge is 0.454 e. The first-order chi connectivity index (χ1) is 9.49. The molecular formula is C15H15BrN2O2. The van der Waals surface area contributed by atoms with Crippen LogP contribution in [-0.4, -0.2) is 24.9 Å². The van der Waals surface area contributed by atoms with E-state index in [1.165, 1.54) is 4.90 Å². The summed E-state index contributed by atoms with van der Waals surface area (Å²) in [6, 6.07) is 12.5. The van der Waals surface area contributed by atoms with Crippen molar-refractivity contribution in [2.45, 2.75) is 0 Å². The first kappa shape index (κ1) is 14.4. The van der Waals surface area contributed by atoms with Crippen molar-refractivity contribution >= 4 is 27.5 Å². The number of amides is 1. The number of nitrogens with two attached hydrogens (primary N) is 1. The van der Waals surface area contributed by atoms with Crippen LogP contribution >= 0.6 is 15.9 Å². The molecule has 0 radical (unpaired) electrons. The number of anilines is 1. The molecule has 0 aromatic heterocycles. The third-order valence-electron chi connectivity index (χ3n) is 2.72. The van der Waals surface area contributed by atoms with E-state index in [4.69, 9.17) is 10.5 Å². The van der Waals surface area contributed by atoms with E-state index >= 15 is 0 Å². The SMILES string of the molecule is CN(C)C(=O)c1ccc(N)c(Oc2ccccc2Br)c1. The number of ether oxygens (including phenoxy) is 1. The molecule has 0 unspecified atom stereocenters. The van der Waals surface area contributed by atoms with Crippen molar-refractivity contribution < 1.29 is 9.53 Å². The van der Waals surface area contributed by atoms with E-state index in [0.717, 1.165) is 4.47 Å². The van der Waals surface area contributed by atoms with Crippen LogP contribution in [0, 0.1) is 0 Å². The van der Waals surface area contributed by atoms with Crippen molar-refractivity contribution in [3.63, 3.8) is 0 Å². The van der Waals surface area contributed by atoms with Gasteiger partial charge in [-0.25, -0.2) is 0 Å². The summed E-state index contributed by atoms with van der Waals surface area (Å²) in [5.41, 5.74) is 6.91. The van der Waals surface area contributed by atoms with Gasteiger partial charge in [-0.2, -0.15) is 0 Å². The van der Waals surface area contributed by atoms with Gasteiger partial charge in [0, 0.05) is 19.7 Å². The molecule has 0 aliphatic carbocycles. The Balaban J connectivity index is 2.35. The van der Waals surface area contributed by atoms with Crippen LogP contribution < -0.4 is 10.5 Å². The van der Waals surface area contributed by atoms with Crippen molar-refractivity contribution in [3.05, 3.63) is 52.5 Å². The first-order valence-corrected chi connectivity index (χ1v) is 6.82. The molecular weight excluding hydrogens is 320 g/mol. The zero-order valence-corrected chi connectivity index (χ0v) is 12.8. The van der Waals surface area contributed by atoms with Gasteiger partial charge in [0.2, 0.25) is 0 Å². The number of hydrogen-bond donors (Lipinski definition) is 1. The summed E-state index contributed by atoms with van der Waals surface area (Å²) in [7, 11) is 3.40. The number of benzene rings is 2. The highest BCUT2D eigenvalue weighted by Gasteiger charge is 2.12. The highest BCUT2D eigenvalue weighted by Crippen LogP contribution is 2.33. The second-order valence-electron chi connectivity index (χ2n) is 4.48. The quantitative estimate of drug-likeness (QED) is 0.873. The van der Waals surface area contributed by atoms with Crippen LogP contribution in [0.2, 0.25) is 0 Å². The van der Waals surface area contributed by atoms with Crippen molar-refractivity contribution in [1.29, 1.82) is 0 Å². The molecule has 2 aromatic rings. The average molecular weight is 335 g/mol. The van der Waals surface area contributed by atoms with E-state index in [1.807, 2.05) is 24.3 Å². The fourth-order valence-electron chi connectivity index (χ4n) is 1.66. The molecule has 5 heteroatoms. The number of hydrogen-bond acceptors (Lipinski definition) is 3. The van der Waals surface area contributed by atoms with Crippen LogP contribution in [0.15, 0.2) is 46.9 Å². The molecule has 20 heavy (non-hydrogen) atoms. The van der Waals surface area contributed by atoms with Crippen molar-refractivity contribution in [1.82, 2.24) is 4.90 Å². The lowest BCUT2D eigenvalue weighted by atomic mass is 10.1. The topological polar surface area (TPSA) is 55.6 Å². The van der Waals surface area contributed by atoms with Gasteiger partial charge in [0.25, 0.3) is 5.91 Å². The first-order valence-electron chi connectivity index (χ1n) is 6.02. The Kier molecular flexibility index (Phi) is 4.29. The predicted octanol–water partition coefficient (Wildman–Crippen LogP) is 3.53. The summed E-state index contributed by atoms with van der Waals surface area (Å²) in [5.74, 6) is 1.01. The fourth-order valence-corrected chi connectivity index (χ4v) is 2.03. The summed E-state index contributed by atoms with van der Waals surface area (Å²) < 4.78 is 6.59. The van der Waals surface area contributed by atoms with Gasteiger partial charge in [-0.1, -0.05) is 12.1 Å². The molecule has 0 aliphatic heterocycles. The predicted molar refractivity (Wildman–Crippen MR) is 83.1 cm³/mol. The summed E-state index contributed by atoms with van der Waals surface area (Å²) in [6.07, 6.45) is 0. The monoisotopic (exact) mass is 334 g/mol. The minimum atomic E-state index is -0.0954. The zero-order chi connectivity index (χ0) is 14.7. The lowest BCUT2D eigenvalue weighted by Gasteiger charge is -2.14. The zero-order valence-electron chi connectivity index (χ0n) is 11.3. The van der Waals surface area contributed by atoms with Crippen molar-refractivity contribution in [3.8, 4) is 11.5 Å². The minimum Gasteiger partial charge on any atom is -0.454 e. The molecule has 0 spiro atoms. The number of nitrogen functional groups attached to an aromatic ring is 1. The van der Waals surface area contributed by atoms with Gasteiger partial charge in [0.05, 0.1) is 10.2 Å². The second kappa shape index (κ2) is 5.96. The maximum Gasteiger partial charge on any atom is 0.253 e. The van der Waals surface area contributed by atoms with Gasteiger partial charge < -0.3 is 15.4 Å². The smallest absolute Gasteiger partial charge is 0.253 e. The Morgan fingerprint density at radius 2 is 1.85 bits per heavy atom. The summed E-state index contributed by atoms with van der Waals surface area (Å²) >= 11 is 3.41. The molecule has 0 atom stereocenters. The fraction of sp³-hybridized carbons (Fsp3) is 0.133. The van der Waals surface area contributed by atoms with E-state index in [2.05, 4.69) is 15.9 Å². The van der Waals surface area contributed by atoms with Crippen molar-refractivity contribution in [2.75, 3.05) is 19.8 Å². The Morgan fingerprint density at radius 1 is 1.15 bits per heavy atom. The van der Waals surface area contributed by atoms with Gasteiger partial charge in [-0.15, -0.1) is 0 Å². The summed E-state index contributed by atoms with van der Waals surface area (Å²) in [5, 5.41) is 0.